The molecule has 0 saturated carbocycles. The van der Waals surface area contributed by atoms with Crippen LogP contribution in [0.3, 0.4) is 0 Å². The fourth-order valence-corrected chi connectivity index (χ4v) is 2.06. The monoisotopic (exact) mass is 287 g/mol. The first kappa shape index (κ1) is 15.3. The van der Waals surface area contributed by atoms with Gasteiger partial charge in [-0.3, -0.25) is 0 Å². The van der Waals surface area contributed by atoms with Crippen LogP contribution >= 0.6 is 0 Å². The normalized spacial score (nSPS) is 12.1. The molecular formula is C17H21NO3. The molecule has 0 aliphatic rings. The van der Waals surface area contributed by atoms with Crippen LogP contribution in [0.1, 0.15) is 47.3 Å². The van der Waals surface area contributed by atoms with E-state index in [1.165, 1.54) is 18.2 Å². The maximum Gasteiger partial charge on any atom is 0.373 e. The molecular weight excluding hydrogens is 266 g/mol. The summed E-state index contributed by atoms with van der Waals surface area (Å²) in [5, 5.41) is 3.38. The largest absolute Gasteiger partial charge is 0.463 e. The van der Waals surface area contributed by atoms with E-state index in [0.29, 0.717) is 0 Å². The Morgan fingerprint density at radius 3 is 2.48 bits per heavy atom. The second kappa shape index (κ2) is 7.09. The molecule has 1 atom stereocenters. The summed E-state index contributed by atoms with van der Waals surface area (Å²) in [5.41, 5.74) is 2.55. The number of rotatable bonds is 6. The van der Waals surface area contributed by atoms with Gasteiger partial charge in [0.05, 0.1) is 13.2 Å². The highest BCUT2D eigenvalue weighted by atomic mass is 16.5. The Balaban J connectivity index is 1.93. The minimum atomic E-state index is -0.455. The summed E-state index contributed by atoms with van der Waals surface area (Å²) in [5.74, 6) is 0.498. The molecule has 4 nitrogen and oxygen atoms in total. The topological polar surface area (TPSA) is 51.5 Å². The van der Waals surface area contributed by atoms with Gasteiger partial charge in [0.2, 0.25) is 5.76 Å². The van der Waals surface area contributed by atoms with Crippen molar-refractivity contribution in [3.63, 3.8) is 0 Å². The third kappa shape index (κ3) is 3.95. The lowest BCUT2D eigenvalue weighted by Crippen LogP contribution is -2.17. The van der Waals surface area contributed by atoms with Crippen molar-refractivity contribution < 1.29 is 13.9 Å². The smallest absolute Gasteiger partial charge is 0.373 e. The van der Waals surface area contributed by atoms with Gasteiger partial charge in [0, 0.05) is 6.54 Å². The minimum absolute atomic E-state index is 0.0225. The number of aryl methyl sites for hydroxylation is 1. The molecule has 0 aliphatic carbocycles. The molecule has 21 heavy (non-hydrogen) atoms. The molecule has 0 amide bonds. The molecule has 0 fully saturated rings. The van der Waals surface area contributed by atoms with Crippen LogP contribution in [-0.4, -0.2) is 13.1 Å². The number of ether oxygens (including phenoxy) is 1. The number of hydrogen-bond donors (Lipinski definition) is 1. The standard InChI is InChI=1S/C17H21NO3/c1-4-13-5-7-14(8-6-13)11-18-12(2)15-9-10-16(21-15)17(19)20-3/h5-10,12,18H,4,11H2,1-3H3. The number of esters is 1. The zero-order valence-electron chi connectivity index (χ0n) is 12.7. The second-order valence-corrected chi connectivity index (χ2v) is 4.97. The fourth-order valence-electron chi connectivity index (χ4n) is 2.06. The molecule has 0 aliphatic heterocycles. The molecule has 1 aromatic heterocycles. The predicted octanol–water partition coefficient (Wildman–Crippen LogP) is 3.48. The molecule has 1 heterocycles. The van der Waals surface area contributed by atoms with Gasteiger partial charge in [-0.15, -0.1) is 0 Å². The highest BCUT2D eigenvalue weighted by Crippen LogP contribution is 2.17. The lowest BCUT2D eigenvalue weighted by atomic mass is 10.1. The number of benzene rings is 1. The molecule has 2 aromatic rings. The van der Waals surface area contributed by atoms with Gasteiger partial charge in [0.15, 0.2) is 0 Å². The quantitative estimate of drug-likeness (QED) is 0.826. The van der Waals surface area contributed by atoms with E-state index in [-0.39, 0.29) is 11.8 Å². The zero-order chi connectivity index (χ0) is 15.2. The first-order valence-electron chi connectivity index (χ1n) is 7.13. The van der Waals surface area contributed by atoms with E-state index in [4.69, 9.17) is 4.42 Å². The van der Waals surface area contributed by atoms with E-state index in [9.17, 15) is 4.79 Å². The van der Waals surface area contributed by atoms with Crippen molar-refractivity contribution in [1.29, 1.82) is 0 Å². The summed E-state index contributed by atoms with van der Waals surface area (Å²) < 4.78 is 10.1. The third-order valence-electron chi connectivity index (χ3n) is 3.48. The Labute approximate surface area is 125 Å². The van der Waals surface area contributed by atoms with E-state index in [1.54, 1.807) is 12.1 Å². The van der Waals surface area contributed by atoms with Crippen LogP contribution in [0.4, 0.5) is 0 Å². The van der Waals surface area contributed by atoms with Gasteiger partial charge in [0.25, 0.3) is 0 Å². The lowest BCUT2D eigenvalue weighted by molar-refractivity contribution is 0.0562. The first-order chi connectivity index (χ1) is 10.1. The van der Waals surface area contributed by atoms with E-state index in [0.717, 1.165) is 18.7 Å². The molecule has 112 valence electrons. The summed E-state index contributed by atoms with van der Waals surface area (Å²) in [6, 6.07) is 12.0. The summed E-state index contributed by atoms with van der Waals surface area (Å²) >= 11 is 0. The summed E-state index contributed by atoms with van der Waals surface area (Å²) in [7, 11) is 1.34. The number of furan rings is 1. The molecule has 1 N–H and O–H groups in total. The molecule has 0 bridgehead atoms. The van der Waals surface area contributed by atoms with E-state index in [1.807, 2.05) is 6.92 Å². The lowest BCUT2D eigenvalue weighted by Gasteiger charge is -2.11. The van der Waals surface area contributed by atoms with Crippen molar-refractivity contribution in [2.45, 2.75) is 32.9 Å². The van der Waals surface area contributed by atoms with Gasteiger partial charge in [-0.25, -0.2) is 4.79 Å². The summed E-state index contributed by atoms with van der Waals surface area (Å²) in [4.78, 5) is 11.4. The SMILES string of the molecule is CCc1ccc(CNC(C)c2ccc(C(=O)OC)o2)cc1. The van der Waals surface area contributed by atoms with Crippen LogP contribution in [0.5, 0.6) is 0 Å². The molecule has 1 aromatic carbocycles. The van der Waals surface area contributed by atoms with Gasteiger partial charge in [-0.1, -0.05) is 31.2 Å². The van der Waals surface area contributed by atoms with E-state index >= 15 is 0 Å². The third-order valence-corrected chi connectivity index (χ3v) is 3.48. The van der Waals surface area contributed by atoms with Gasteiger partial charge in [-0.05, 0) is 36.6 Å². The van der Waals surface area contributed by atoms with Crippen LogP contribution in [0.25, 0.3) is 0 Å². The molecule has 4 heteroatoms. The highest BCUT2D eigenvalue weighted by molar-refractivity contribution is 5.86. The van der Waals surface area contributed by atoms with E-state index in [2.05, 4.69) is 41.2 Å². The van der Waals surface area contributed by atoms with Crippen molar-refractivity contribution in [3.05, 3.63) is 59.0 Å². The van der Waals surface area contributed by atoms with Crippen LogP contribution in [0, 0.1) is 0 Å². The Morgan fingerprint density at radius 2 is 1.86 bits per heavy atom. The summed E-state index contributed by atoms with van der Waals surface area (Å²) in [6.45, 7) is 4.89. The Kier molecular flexibility index (Phi) is 5.17. The van der Waals surface area contributed by atoms with Crippen molar-refractivity contribution in [2.75, 3.05) is 7.11 Å². The van der Waals surface area contributed by atoms with Gasteiger partial charge in [-0.2, -0.15) is 0 Å². The average molecular weight is 287 g/mol. The number of carbonyl (C=O) groups is 1. The molecule has 0 spiro atoms. The van der Waals surface area contributed by atoms with Crippen molar-refractivity contribution in [1.82, 2.24) is 5.32 Å². The molecule has 1 unspecified atom stereocenters. The summed E-state index contributed by atoms with van der Waals surface area (Å²) in [6.07, 6.45) is 1.05. The fraction of sp³-hybridized carbons (Fsp3) is 0.353. The average Bonchev–Trinajstić information content (AvgIpc) is 3.02. The Hall–Kier alpha value is -2.07. The number of carbonyl (C=O) groups excluding carboxylic acids is 1. The van der Waals surface area contributed by atoms with Crippen molar-refractivity contribution >= 4 is 5.97 Å². The number of hydrogen-bond acceptors (Lipinski definition) is 4. The van der Waals surface area contributed by atoms with Crippen LogP contribution in [0.15, 0.2) is 40.8 Å². The van der Waals surface area contributed by atoms with Gasteiger partial charge < -0.3 is 14.5 Å². The maximum absolute atomic E-state index is 11.4. The van der Waals surface area contributed by atoms with Crippen LogP contribution < -0.4 is 5.32 Å². The van der Waals surface area contributed by atoms with Gasteiger partial charge in [0.1, 0.15) is 5.76 Å². The predicted molar refractivity (Wildman–Crippen MR) is 81.1 cm³/mol. The molecule has 0 saturated heterocycles. The van der Waals surface area contributed by atoms with E-state index < -0.39 is 5.97 Å². The first-order valence-corrected chi connectivity index (χ1v) is 7.13. The molecule has 0 radical (unpaired) electrons. The number of methoxy groups -OCH3 is 1. The maximum atomic E-state index is 11.4. The van der Waals surface area contributed by atoms with Crippen molar-refractivity contribution in [3.8, 4) is 0 Å². The van der Waals surface area contributed by atoms with Crippen molar-refractivity contribution in [2.24, 2.45) is 0 Å². The van der Waals surface area contributed by atoms with Crippen LogP contribution in [0.2, 0.25) is 0 Å². The highest BCUT2D eigenvalue weighted by Gasteiger charge is 2.14. The van der Waals surface area contributed by atoms with Crippen LogP contribution in [-0.2, 0) is 17.7 Å². The minimum Gasteiger partial charge on any atom is -0.463 e. The zero-order valence-corrected chi connectivity index (χ0v) is 12.7. The van der Waals surface area contributed by atoms with Gasteiger partial charge >= 0.3 is 5.97 Å². The molecule has 2 rings (SSSR count). The number of nitrogens with one attached hydrogen (secondary N) is 1. The Bertz CT molecular complexity index is 586. The Morgan fingerprint density at radius 1 is 1.19 bits per heavy atom. The second-order valence-electron chi connectivity index (χ2n) is 4.97.